The standard InChI is InChI=1S/C18H38O.K.H/c1-2-3-4-5-6-7-8-9-10-11-12-13-14-15-16-17-18-19;;/h19H,2-18H2,1H3;;. The maximum atomic E-state index is 8.67. The Bertz CT molecular complexity index is 134. The van der Waals surface area contributed by atoms with Crippen LogP contribution in [0, 0.1) is 0 Å². The molecule has 1 nitrogen and oxygen atoms in total. The molecule has 0 fully saturated rings. The first-order chi connectivity index (χ1) is 9.41. The molecule has 0 radical (unpaired) electrons. The molecular weight excluding hydrogens is 271 g/mol. The summed E-state index contributed by atoms with van der Waals surface area (Å²) in [6, 6.07) is 0. The van der Waals surface area contributed by atoms with Gasteiger partial charge in [0.1, 0.15) is 0 Å². The topological polar surface area (TPSA) is 20.2 Å². The van der Waals surface area contributed by atoms with E-state index < -0.39 is 0 Å². The van der Waals surface area contributed by atoms with Crippen LogP contribution in [0.3, 0.4) is 0 Å². The first-order valence-electron chi connectivity index (χ1n) is 9.02. The number of rotatable bonds is 16. The van der Waals surface area contributed by atoms with E-state index in [1.807, 2.05) is 0 Å². The van der Waals surface area contributed by atoms with E-state index in [2.05, 4.69) is 6.92 Å². The van der Waals surface area contributed by atoms with Crippen LogP contribution in [0.15, 0.2) is 0 Å². The zero-order valence-electron chi connectivity index (χ0n) is 13.5. The molecule has 0 aliphatic heterocycles. The molecule has 0 aromatic carbocycles. The van der Waals surface area contributed by atoms with Crippen molar-refractivity contribution >= 4 is 51.4 Å². The van der Waals surface area contributed by atoms with Gasteiger partial charge in [-0.2, -0.15) is 0 Å². The second-order valence-corrected chi connectivity index (χ2v) is 6.03. The van der Waals surface area contributed by atoms with Gasteiger partial charge in [0, 0.05) is 6.61 Å². The summed E-state index contributed by atoms with van der Waals surface area (Å²) in [4.78, 5) is 0. The van der Waals surface area contributed by atoms with E-state index >= 15 is 0 Å². The Balaban J connectivity index is 0. The van der Waals surface area contributed by atoms with Crippen molar-refractivity contribution in [2.75, 3.05) is 6.61 Å². The summed E-state index contributed by atoms with van der Waals surface area (Å²) in [7, 11) is 0. The van der Waals surface area contributed by atoms with Gasteiger partial charge in [-0.3, -0.25) is 0 Å². The van der Waals surface area contributed by atoms with Gasteiger partial charge < -0.3 is 5.11 Å². The van der Waals surface area contributed by atoms with Crippen LogP contribution in [-0.2, 0) is 0 Å². The minimum atomic E-state index is 0. The number of unbranched alkanes of at least 4 members (excludes halogenated alkanes) is 15. The second-order valence-electron chi connectivity index (χ2n) is 6.03. The third-order valence-electron chi connectivity index (χ3n) is 4.01. The van der Waals surface area contributed by atoms with E-state index in [0.29, 0.717) is 6.61 Å². The summed E-state index contributed by atoms with van der Waals surface area (Å²) in [6.45, 7) is 2.66. The SMILES string of the molecule is CCCCCCCCCCCCCCCCCCO.[KH]. The zero-order chi connectivity index (χ0) is 14.0. The Labute approximate surface area is 171 Å². The Morgan fingerprint density at radius 3 is 0.950 bits per heavy atom. The van der Waals surface area contributed by atoms with Gasteiger partial charge in [0.25, 0.3) is 0 Å². The fourth-order valence-corrected chi connectivity index (χ4v) is 2.66. The third kappa shape index (κ3) is 21.9. The Hall–Kier alpha value is 1.60. The molecule has 0 spiro atoms. The average Bonchev–Trinajstić information content (AvgIpc) is 2.43. The van der Waals surface area contributed by atoms with Crippen molar-refractivity contribution in [2.24, 2.45) is 0 Å². The predicted octanol–water partition coefficient (Wildman–Crippen LogP) is 5.59. The summed E-state index contributed by atoms with van der Waals surface area (Å²) < 4.78 is 0. The monoisotopic (exact) mass is 310 g/mol. The van der Waals surface area contributed by atoms with Crippen molar-refractivity contribution in [1.29, 1.82) is 0 Å². The first-order valence-corrected chi connectivity index (χ1v) is 9.02. The normalized spacial score (nSPS) is 10.5. The summed E-state index contributed by atoms with van der Waals surface area (Å²) in [6.07, 6.45) is 22.2. The first kappa shape index (κ1) is 23.9. The molecule has 118 valence electrons. The second kappa shape index (κ2) is 22.9. The Morgan fingerprint density at radius 1 is 0.450 bits per heavy atom. The van der Waals surface area contributed by atoms with Crippen LogP contribution >= 0.6 is 0 Å². The molecule has 0 atom stereocenters. The van der Waals surface area contributed by atoms with E-state index in [4.69, 9.17) is 5.11 Å². The molecule has 20 heavy (non-hydrogen) atoms. The average molecular weight is 311 g/mol. The summed E-state index contributed by atoms with van der Waals surface area (Å²) in [5.74, 6) is 0. The van der Waals surface area contributed by atoms with Crippen molar-refractivity contribution in [3.63, 3.8) is 0 Å². The van der Waals surface area contributed by atoms with Gasteiger partial charge in [-0.25, -0.2) is 0 Å². The van der Waals surface area contributed by atoms with Gasteiger partial charge in [-0.05, 0) is 6.42 Å². The predicted molar refractivity (Wildman–Crippen MR) is 93.8 cm³/mol. The van der Waals surface area contributed by atoms with Crippen LogP contribution in [0.25, 0.3) is 0 Å². The van der Waals surface area contributed by atoms with Gasteiger partial charge in [0.2, 0.25) is 0 Å². The van der Waals surface area contributed by atoms with Crippen LogP contribution in [0.4, 0.5) is 0 Å². The van der Waals surface area contributed by atoms with Crippen LogP contribution in [0.5, 0.6) is 0 Å². The van der Waals surface area contributed by atoms with Crippen molar-refractivity contribution in [1.82, 2.24) is 0 Å². The van der Waals surface area contributed by atoms with Crippen molar-refractivity contribution < 1.29 is 5.11 Å². The third-order valence-corrected chi connectivity index (χ3v) is 4.01. The van der Waals surface area contributed by atoms with E-state index in [1.54, 1.807) is 0 Å². The van der Waals surface area contributed by atoms with E-state index in [9.17, 15) is 0 Å². The van der Waals surface area contributed by atoms with Gasteiger partial charge in [-0.15, -0.1) is 0 Å². The maximum absolute atomic E-state index is 8.67. The van der Waals surface area contributed by atoms with Crippen LogP contribution in [-0.4, -0.2) is 63.1 Å². The molecule has 0 aliphatic rings. The molecule has 0 aliphatic carbocycles. The Kier molecular flexibility index (Phi) is 27.3. The fourth-order valence-electron chi connectivity index (χ4n) is 2.66. The molecule has 0 rings (SSSR count). The van der Waals surface area contributed by atoms with Crippen molar-refractivity contribution in [2.45, 2.75) is 110 Å². The number of aliphatic hydroxyl groups excluding tert-OH is 1. The molecule has 0 saturated carbocycles. The molecule has 0 saturated heterocycles. The van der Waals surface area contributed by atoms with E-state index in [1.165, 1.54) is 96.3 Å². The summed E-state index contributed by atoms with van der Waals surface area (Å²) in [5, 5.41) is 8.67. The molecule has 0 heterocycles. The molecule has 0 aromatic heterocycles. The number of hydrogen-bond donors (Lipinski definition) is 1. The van der Waals surface area contributed by atoms with Gasteiger partial charge >= 0.3 is 51.4 Å². The molecule has 0 aromatic rings. The molecule has 2 heteroatoms. The number of hydrogen-bond acceptors (Lipinski definition) is 1. The molecular formula is C18H39KO. The van der Waals surface area contributed by atoms with Crippen LogP contribution in [0.2, 0.25) is 0 Å². The zero-order valence-corrected chi connectivity index (χ0v) is 13.5. The van der Waals surface area contributed by atoms with E-state index in [0.717, 1.165) is 6.42 Å². The summed E-state index contributed by atoms with van der Waals surface area (Å²) >= 11 is 0. The summed E-state index contributed by atoms with van der Waals surface area (Å²) in [5.41, 5.74) is 0. The van der Waals surface area contributed by atoms with Crippen molar-refractivity contribution in [3.8, 4) is 0 Å². The molecule has 0 bridgehead atoms. The molecule has 0 amide bonds. The minimum absolute atomic E-state index is 0. The van der Waals surface area contributed by atoms with Crippen LogP contribution < -0.4 is 0 Å². The van der Waals surface area contributed by atoms with Gasteiger partial charge in [0.15, 0.2) is 0 Å². The molecule has 1 N–H and O–H groups in total. The van der Waals surface area contributed by atoms with Gasteiger partial charge in [-0.1, -0.05) is 103 Å². The fraction of sp³-hybridized carbons (Fsp3) is 1.00. The number of aliphatic hydroxyl groups is 1. The quantitative estimate of drug-likeness (QED) is 0.291. The van der Waals surface area contributed by atoms with Crippen molar-refractivity contribution in [3.05, 3.63) is 0 Å². The van der Waals surface area contributed by atoms with E-state index in [-0.39, 0.29) is 51.4 Å². The Morgan fingerprint density at radius 2 is 0.700 bits per heavy atom. The van der Waals surface area contributed by atoms with Crippen LogP contribution in [0.1, 0.15) is 110 Å². The van der Waals surface area contributed by atoms with Gasteiger partial charge in [0.05, 0.1) is 0 Å². The molecule has 0 unspecified atom stereocenters.